The second-order valence-electron chi connectivity index (χ2n) is 8.12. The Morgan fingerprint density at radius 2 is 1.66 bits per heavy atom. The van der Waals surface area contributed by atoms with Crippen molar-refractivity contribution >= 4 is 34.2 Å². The summed E-state index contributed by atoms with van der Waals surface area (Å²) in [5, 5.41) is 23.8. The van der Waals surface area contributed by atoms with Gasteiger partial charge in [-0.2, -0.15) is 0 Å². The van der Waals surface area contributed by atoms with Crippen molar-refractivity contribution < 1.29 is 19.8 Å². The van der Waals surface area contributed by atoms with Crippen molar-refractivity contribution in [3.8, 4) is 5.88 Å². The smallest absolute Gasteiger partial charge is 0.335 e. The third-order valence-electron chi connectivity index (χ3n) is 5.71. The number of aromatic hydroxyl groups is 1. The molecule has 4 rings (SSSR count). The molecule has 0 fully saturated rings. The van der Waals surface area contributed by atoms with Crippen LogP contribution in [0.5, 0.6) is 5.88 Å². The number of hydrogen-bond donors (Lipinski definition) is 4. The maximum atomic E-state index is 12.6. The van der Waals surface area contributed by atoms with E-state index in [1.807, 2.05) is 37.4 Å². The van der Waals surface area contributed by atoms with Crippen LogP contribution in [0.2, 0.25) is 0 Å². The number of H-pyrrole nitrogens is 1. The number of likely N-dealkylation sites (N-methyl/N-ethyl adjacent to an activating group) is 2. The van der Waals surface area contributed by atoms with Crippen molar-refractivity contribution in [1.29, 1.82) is 0 Å². The molecule has 0 aliphatic heterocycles. The summed E-state index contributed by atoms with van der Waals surface area (Å²) in [5.74, 6) is -1.24. The van der Waals surface area contributed by atoms with Gasteiger partial charge in [-0.25, -0.2) is 9.79 Å². The Morgan fingerprint density at radius 1 is 0.971 bits per heavy atom. The van der Waals surface area contributed by atoms with Gasteiger partial charge in [0.1, 0.15) is 0 Å². The molecule has 0 spiro atoms. The van der Waals surface area contributed by atoms with Gasteiger partial charge in [-0.1, -0.05) is 36.4 Å². The summed E-state index contributed by atoms with van der Waals surface area (Å²) in [6.45, 7) is 1.30. The summed E-state index contributed by atoms with van der Waals surface area (Å²) in [5.41, 5.74) is 3.53. The highest BCUT2D eigenvalue weighted by molar-refractivity contribution is 6.22. The lowest BCUT2D eigenvalue weighted by atomic mass is 10.00. The van der Waals surface area contributed by atoms with Gasteiger partial charge >= 0.3 is 5.97 Å². The molecule has 0 unspecified atom stereocenters. The molecule has 0 saturated heterocycles. The summed E-state index contributed by atoms with van der Waals surface area (Å²) < 4.78 is 0. The van der Waals surface area contributed by atoms with Gasteiger partial charge < -0.3 is 25.4 Å². The Labute approximate surface area is 202 Å². The van der Waals surface area contributed by atoms with Crippen LogP contribution < -0.4 is 5.32 Å². The molecule has 1 aromatic heterocycles. The van der Waals surface area contributed by atoms with Crippen molar-refractivity contribution in [3.63, 3.8) is 0 Å². The molecule has 0 saturated carbocycles. The molecular weight excluding hydrogens is 444 g/mol. The van der Waals surface area contributed by atoms with Crippen LogP contribution in [0.25, 0.3) is 10.9 Å². The number of carboxylic acids is 1. The molecule has 4 N–H and O–H groups in total. The molecule has 35 heavy (non-hydrogen) atoms. The summed E-state index contributed by atoms with van der Waals surface area (Å²) >= 11 is 0. The second-order valence-corrected chi connectivity index (χ2v) is 8.12. The molecule has 0 bridgehead atoms. The van der Waals surface area contributed by atoms with Gasteiger partial charge in [0.25, 0.3) is 5.91 Å². The Hall–Kier alpha value is -4.43. The number of nitrogens with one attached hydrogen (secondary N) is 2. The first kappa shape index (κ1) is 23.7. The quantitative estimate of drug-likeness (QED) is 0.290. The fourth-order valence-corrected chi connectivity index (χ4v) is 3.83. The van der Waals surface area contributed by atoms with Crippen LogP contribution in [0, 0.1) is 0 Å². The maximum Gasteiger partial charge on any atom is 0.335 e. The van der Waals surface area contributed by atoms with E-state index in [9.17, 15) is 19.8 Å². The summed E-state index contributed by atoms with van der Waals surface area (Å²) in [4.78, 5) is 33.4. The predicted molar refractivity (Wildman–Crippen MR) is 136 cm³/mol. The normalized spacial score (nSPS) is 11.5. The zero-order valence-electron chi connectivity index (χ0n) is 19.4. The van der Waals surface area contributed by atoms with Gasteiger partial charge in [0.05, 0.1) is 22.5 Å². The molecule has 0 atom stereocenters. The number of aromatic nitrogens is 1. The summed E-state index contributed by atoms with van der Waals surface area (Å²) in [7, 11) is 3.60. The number of rotatable bonds is 8. The number of carboxylic acid groups (broad SMARTS) is 1. The highest BCUT2D eigenvalue weighted by Gasteiger charge is 2.20. The van der Waals surface area contributed by atoms with Crippen molar-refractivity contribution in [2.75, 3.05) is 27.2 Å². The van der Waals surface area contributed by atoms with Crippen LogP contribution in [0.1, 0.15) is 31.8 Å². The van der Waals surface area contributed by atoms with E-state index in [1.165, 1.54) is 12.1 Å². The lowest BCUT2D eigenvalue weighted by Crippen LogP contribution is -2.32. The van der Waals surface area contributed by atoms with Gasteiger partial charge in [-0.3, -0.25) is 4.79 Å². The number of benzene rings is 3. The average Bonchev–Trinajstić information content (AvgIpc) is 3.20. The highest BCUT2D eigenvalue weighted by atomic mass is 16.4. The van der Waals surface area contributed by atoms with Gasteiger partial charge in [-0.15, -0.1) is 0 Å². The Balaban J connectivity index is 1.77. The van der Waals surface area contributed by atoms with E-state index in [0.717, 1.165) is 5.56 Å². The zero-order chi connectivity index (χ0) is 24.9. The van der Waals surface area contributed by atoms with Crippen molar-refractivity contribution in [2.45, 2.75) is 0 Å². The molecule has 4 aromatic rings. The standard InChI is InChI=1S/C27H26N4O4/c1-28-14-15-31(2)26(33)18-8-11-20(12-9-18)29-24(17-6-4-3-5-7-17)23-21-13-10-19(27(34)35)16-22(21)30-25(23)32/h3-13,16,28,30,32H,14-15H2,1-2H3,(H,34,35). The van der Waals surface area contributed by atoms with E-state index >= 15 is 0 Å². The molecular formula is C27H26N4O4. The monoisotopic (exact) mass is 470 g/mol. The number of amides is 1. The maximum absolute atomic E-state index is 12.6. The van der Waals surface area contributed by atoms with E-state index in [-0.39, 0.29) is 17.4 Å². The molecule has 8 heteroatoms. The first-order valence-corrected chi connectivity index (χ1v) is 11.1. The van der Waals surface area contributed by atoms with Gasteiger partial charge in [0.15, 0.2) is 5.88 Å². The van der Waals surface area contributed by atoms with Crippen molar-refractivity contribution in [3.05, 3.63) is 95.1 Å². The predicted octanol–water partition coefficient (Wildman–Crippen LogP) is 4.03. The number of aliphatic imine (C=N–C) groups is 1. The number of nitrogens with zero attached hydrogens (tertiary/aromatic N) is 2. The Morgan fingerprint density at radius 3 is 2.31 bits per heavy atom. The lowest BCUT2D eigenvalue weighted by molar-refractivity contribution is 0.0696. The SMILES string of the molecule is CNCCN(C)C(=O)c1ccc(N=C(c2ccccc2)c2c(O)[nH]c3cc(C(=O)O)ccc23)cc1. The first-order valence-electron chi connectivity index (χ1n) is 11.1. The highest BCUT2D eigenvalue weighted by Crippen LogP contribution is 2.32. The Bertz CT molecular complexity index is 1390. The fourth-order valence-electron chi connectivity index (χ4n) is 3.83. The molecule has 178 valence electrons. The van der Waals surface area contributed by atoms with E-state index in [1.54, 1.807) is 42.3 Å². The summed E-state index contributed by atoms with van der Waals surface area (Å²) in [6, 6.07) is 21.0. The van der Waals surface area contributed by atoms with E-state index in [0.29, 0.717) is 46.5 Å². The topological polar surface area (TPSA) is 118 Å². The molecule has 0 aliphatic rings. The number of hydrogen-bond acceptors (Lipinski definition) is 5. The van der Waals surface area contributed by atoms with Crippen molar-refractivity contribution in [1.82, 2.24) is 15.2 Å². The largest absolute Gasteiger partial charge is 0.494 e. The minimum atomic E-state index is -1.05. The lowest BCUT2D eigenvalue weighted by Gasteiger charge is -2.17. The van der Waals surface area contributed by atoms with E-state index in [4.69, 9.17) is 4.99 Å². The number of aromatic carboxylic acids is 1. The third kappa shape index (κ3) is 5.07. The molecule has 1 heterocycles. The number of carbonyl (C=O) groups excluding carboxylic acids is 1. The fraction of sp³-hybridized carbons (Fsp3) is 0.148. The van der Waals surface area contributed by atoms with Crippen molar-refractivity contribution in [2.24, 2.45) is 4.99 Å². The molecule has 0 aliphatic carbocycles. The Kier molecular flexibility index (Phi) is 6.93. The molecule has 3 aromatic carbocycles. The summed E-state index contributed by atoms with van der Waals surface area (Å²) in [6.07, 6.45) is 0. The van der Waals surface area contributed by atoms with Crippen LogP contribution in [0.15, 0.2) is 77.8 Å². The van der Waals surface area contributed by atoms with Gasteiger partial charge in [0.2, 0.25) is 0 Å². The van der Waals surface area contributed by atoms with Gasteiger partial charge in [0, 0.05) is 42.2 Å². The van der Waals surface area contributed by atoms with Crippen LogP contribution in [-0.4, -0.2) is 64.9 Å². The van der Waals surface area contributed by atoms with E-state index < -0.39 is 5.97 Å². The number of fused-ring (bicyclic) bond motifs is 1. The molecule has 8 nitrogen and oxygen atoms in total. The van der Waals surface area contributed by atoms with Crippen LogP contribution >= 0.6 is 0 Å². The second kappa shape index (κ2) is 10.2. The minimum absolute atomic E-state index is 0.0810. The first-order chi connectivity index (χ1) is 16.9. The molecule has 0 radical (unpaired) electrons. The number of carbonyl (C=O) groups is 2. The average molecular weight is 471 g/mol. The van der Waals surface area contributed by atoms with Crippen LogP contribution in [-0.2, 0) is 0 Å². The zero-order valence-corrected chi connectivity index (χ0v) is 19.4. The van der Waals surface area contributed by atoms with E-state index in [2.05, 4.69) is 10.3 Å². The van der Waals surface area contributed by atoms with Crippen LogP contribution in [0.4, 0.5) is 5.69 Å². The minimum Gasteiger partial charge on any atom is -0.494 e. The van der Waals surface area contributed by atoms with Crippen LogP contribution in [0.3, 0.4) is 0 Å². The number of aromatic amines is 1. The van der Waals surface area contributed by atoms with Gasteiger partial charge in [-0.05, 0) is 43.4 Å². The molecule has 1 amide bonds. The third-order valence-corrected chi connectivity index (χ3v) is 5.71.